The van der Waals surface area contributed by atoms with Crippen molar-refractivity contribution in [3.8, 4) is 5.69 Å². The first-order chi connectivity index (χ1) is 13.3. The molecule has 2 rings (SSSR count). The molecule has 0 amide bonds. The maximum Gasteiger partial charge on any atom is 0.354 e. The molecule has 1 aromatic carbocycles. The molecule has 0 bridgehead atoms. The van der Waals surface area contributed by atoms with Crippen molar-refractivity contribution < 1.29 is 32.6 Å². The normalized spacial score (nSPS) is 11.6. The van der Waals surface area contributed by atoms with Crippen LogP contribution in [0.25, 0.3) is 5.69 Å². The summed E-state index contributed by atoms with van der Waals surface area (Å²) >= 11 is 2.90. The van der Waals surface area contributed by atoms with Crippen LogP contribution in [0.4, 0.5) is 13.2 Å². The van der Waals surface area contributed by atoms with E-state index in [0.29, 0.717) is 12.1 Å². The predicted octanol–water partition coefficient (Wildman–Crippen LogP) is 1.57. The molecule has 13 heteroatoms. The molecule has 0 saturated carbocycles. The van der Waals surface area contributed by atoms with Gasteiger partial charge in [-0.05, 0) is 41.9 Å². The molecule has 0 atom stereocenters. The van der Waals surface area contributed by atoms with Gasteiger partial charge in [-0.1, -0.05) is 0 Å². The van der Waals surface area contributed by atoms with Crippen LogP contribution in [-0.4, -0.2) is 31.9 Å². The minimum Gasteiger partial charge on any atom is -0.478 e. The van der Waals surface area contributed by atoms with Crippen molar-refractivity contribution in [1.29, 1.82) is 0 Å². The Labute approximate surface area is 168 Å². The van der Waals surface area contributed by atoms with E-state index in [1.54, 1.807) is 0 Å². The number of carbonyl (C=O) groups excluding carboxylic acids is 1. The highest BCUT2D eigenvalue weighted by Crippen LogP contribution is 2.25. The number of rotatable bonds is 5. The van der Waals surface area contributed by atoms with Crippen LogP contribution in [0.1, 0.15) is 36.3 Å². The molecule has 0 spiro atoms. The first kappa shape index (κ1) is 22.2. The summed E-state index contributed by atoms with van der Waals surface area (Å²) in [4.78, 5) is 47.8. The van der Waals surface area contributed by atoms with Gasteiger partial charge in [-0.2, -0.15) is 0 Å². The van der Waals surface area contributed by atoms with E-state index in [-0.39, 0.29) is 13.7 Å². The number of ether oxygens (including phenoxy) is 1. The van der Waals surface area contributed by atoms with E-state index in [1.165, 1.54) is 0 Å². The number of nitrogen functional groups attached to an aromatic ring is 1. The number of carbonyl (C=O) groups is 2. The lowest BCUT2D eigenvalue weighted by atomic mass is 10.1. The van der Waals surface area contributed by atoms with Crippen molar-refractivity contribution in [2.24, 2.45) is 0 Å². The maximum absolute atomic E-state index is 14.4. The fourth-order valence-electron chi connectivity index (χ4n) is 2.16. The zero-order valence-corrected chi connectivity index (χ0v) is 16.4. The van der Waals surface area contributed by atoms with Gasteiger partial charge in [-0.3, -0.25) is 4.79 Å². The Morgan fingerprint density at radius 1 is 1.24 bits per heavy atom. The van der Waals surface area contributed by atoms with Crippen molar-refractivity contribution in [3.63, 3.8) is 0 Å². The molecular weight excluding hydrogens is 467 g/mol. The molecule has 156 valence electrons. The van der Waals surface area contributed by atoms with Gasteiger partial charge < -0.3 is 15.7 Å². The monoisotopic (exact) mass is 479 g/mol. The molecule has 0 fully saturated rings. The summed E-state index contributed by atoms with van der Waals surface area (Å²) in [6, 6.07) is 1.79. The van der Waals surface area contributed by atoms with Crippen LogP contribution < -0.4 is 17.1 Å². The molecule has 1 heterocycles. The summed E-state index contributed by atoms with van der Waals surface area (Å²) < 4.78 is 45.0. The van der Waals surface area contributed by atoms with Crippen molar-refractivity contribution in [3.05, 3.63) is 60.6 Å². The largest absolute Gasteiger partial charge is 0.478 e. The molecule has 2 aromatic rings. The highest BCUT2D eigenvalue weighted by Gasteiger charge is 2.33. The number of carboxylic acids is 1. The van der Waals surface area contributed by atoms with Crippen molar-refractivity contribution >= 4 is 27.9 Å². The van der Waals surface area contributed by atoms with Crippen LogP contribution in [0.3, 0.4) is 0 Å². The first-order valence-electron chi connectivity index (χ1n) is 7.66. The number of hydrogen-bond donors (Lipinski definition) is 2. The molecule has 0 aliphatic heterocycles. The molecule has 0 radical (unpaired) electrons. The van der Waals surface area contributed by atoms with E-state index in [9.17, 15) is 32.3 Å². The average Bonchev–Trinajstić information content (AvgIpc) is 2.58. The highest BCUT2D eigenvalue weighted by molar-refractivity contribution is 9.10. The lowest BCUT2D eigenvalue weighted by molar-refractivity contribution is -0.155. The smallest absolute Gasteiger partial charge is 0.354 e. The number of alkyl halides is 2. The summed E-state index contributed by atoms with van der Waals surface area (Å²) in [5.74, 6) is 1.41. The fraction of sp³-hybridized carbons (Fsp3) is 0.250. The number of esters is 1. The number of aliphatic carboxylic acids is 1. The maximum atomic E-state index is 14.4. The van der Waals surface area contributed by atoms with E-state index in [4.69, 9.17) is 15.7 Å². The molecular formula is C16H13BrF3N3O6. The third kappa shape index (κ3) is 4.18. The molecule has 29 heavy (non-hydrogen) atoms. The Morgan fingerprint density at radius 3 is 2.34 bits per heavy atom. The van der Waals surface area contributed by atoms with Gasteiger partial charge in [0, 0.05) is 10.5 Å². The Bertz CT molecular complexity index is 1130. The molecule has 9 nitrogen and oxygen atoms in total. The topological polar surface area (TPSA) is 134 Å². The molecule has 0 aliphatic carbocycles. The van der Waals surface area contributed by atoms with Gasteiger partial charge in [-0.15, -0.1) is 0 Å². The Morgan fingerprint density at radius 2 is 1.83 bits per heavy atom. The lowest BCUT2D eigenvalue weighted by Gasteiger charge is -2.20. The Kier molecular flexibility index (Phi) is 5.92. The van der Waals surface area contributed by atoms with Crippen molar-refractivity contribution in [2.75, 3.05) is 5.84 Å². The van der Waals surface area contributed by atoms with Crippen LogP contribution in [0.15, 0.2) is 32.3 Å². The number of nitrogens with zero attached hydrogens (tertiary/aromatic N) is 2. The number of benzene rings is 1. The minimum absolute atomic E-state index is 0.0287. The van der Waals surface area contributed by atoms with Gasteiger partial charge in [0.05, 0.1) is 11.3 Å². The summed E-state index contributed by atoms with van der Waals surface area (Å²) in [5.41, 5.74) is -7.04. The van der Waals surface area contributed by atoms with Gasteiger partial charge >= 0.3 is 17.6 Å². The van der Waals surface area contributed by atoms with Crippen LogP contribution in [-0.2, 0) is 9.53 Å². The van der Waals surface area contributed by atoms with Crippen LogP contribution in [0.5, 0.6) is 0 Å². The average molecular weight is 480 g/mol. The van der Waals surface area contributed by atoms with E-state index >= 15 is 0 Å². The van der Waals surface area contributed by atoms with Gasteiger partial charge in [-0.25, -0.2) is 36.8 Å². The highest BCUT2D eigenvalue weighted by atomic mass is 79.9. The molecule has 0 aliphatic rings. The standard InChI is InChI=1S/C16H13BrF3N3O6/c1-16(2,14(26)27)29-13(25)6-3-9(8(18)4-7(6)17)22-11(24)5-10(12(19)20)23(21)15(22)28/h3-5,12H,21H2,1-2H3,(H,26,27). The van der Waals surface area contributed by atoms with Crippen LogP contribution in [0, 0.1) is 5.82 Å². The van der Waals surface area contributed by atoms with E-state index in [1.807, 2.05) is 0 Å². The van der Waals surface area contributed by atoms with Gasteiger partial charge in [0.25, 0.3) is 12.0 Å². The Balaban J connectivity index is 2.69. The van der Waals surface area contributed by atoms with Crippen molar-refractivity contribution in [1.82, 2.24) is 9.24 Å². The predicted molar refractivity (Wildman–Crippen MR) is 96.2 cm³/mol. The fourth-order valence-corrected chi connectivity index (χ4v) is 2.64. The number of aromatic nitrogens is 2. The lowest BCUT2D eigenvalue weighted by Crippen LogP contribution is -2.44. The summed E-state index contributed by atoms with van der Waals surface area (Å²) in [6.45, 7) is 2.18. The molecule has 3 N–H and O–H groups in total. The molecule has 0 unspecified atom stereocenters. The summed E-state index contributed by atoms with van der Waals surface area (Å²) in [7, 11) is 0. The quantitative estimate of drug-likeness (QED) is 0.490. The minimum atomic E-state index is -3.24. The third-order valence-corrected chi connectivity index (χ3v) is 4.41. The summed E-state index contributed by atoms with van der Waals surface area (Å²) in [5, 5.41) is 9.04. The second-order valence-corrected chi connectivity index (χ2v) is 7.04. The van der Waals surface area contributed by atoms with Gasteiger partial charge in [0.15, 0.2) is 0 Å². The van der Waals surface area contributed by atoms with Crippen molar-refractivity contribution in [2.45, 2.75) is 25.9 Å². The molecule has 0 saturated heterocycles. The van der Waals surface area contributed by atoms with E-state index in [0.717, 1.165) is 19.9 Å². The van der Waals surface area contributed by atoms with Crippen LogP contribution >= 0.6 is 15.9 Å². The van der Waals surface area contributed by atoms with E-state index in [2.05, 4.69) is 15.9 Å². The zero-order chi connectivity index (χ0) is 22.3. The number of nitrogens with two attached hydrogens (primary N) is 1. The second-order valence-electron chi connectivity index (χ2n) is 6.18. The van der Waals surface area contributed by atoms with Gasteiger partial charge in [0.2, 0.25) is 5.60 Å². The van der Waals surface area contributed by atoms with E-state index < -0.39 is 58.0 Å². The third-order valence-electron chi connectivity index (χ3n) is 3.75. The molecule has 1 aromatic heterocycles. The van der Waals surface area contributed by atoms with Gasteiger partial charge in [0.1, 0.15) is 11.5 Å². The van der Waals surface area contributed by atoms with Crippen LogP contribution in [0.2, 0.25) is 0 Å². The summed E-state index contributed by atoms with van der Waals surface area (Å²) in [6.07, 6.45) is -3.24. The Hall–Kier alpha value is -3.09. The zero-order valence-electron chi connectivity index (χ0n) is 14.8. The second kappa shape index (κ2) is 7.73. The SMILES string of the molecule is CC(C)(OC(=O)c1cc(-n2c(=O)cc(C(F)F)n(N)c2=O)c(F)cc1Br)C(=O)O. The number of halogens is 4. The first-order valence-corrected chi connectivity index (χ1v) is 8.45. The number of hydrogen-bond acceptors (Lipinski definition) is 6. The number of carboxylic acid groups (broad SMARTS) is 1.